The minimum absolute atomic E-state index is 0.626. The summed E-state index contributed by atoms with van der Waals surface area (Å²) in [5.41, 5.74) is 2.04. The molecule has 1 fully saturated rings. The molecule has 0 saturated carbocycles. The molecule has 1 atom stereocenters. The Morgan fingerprint density at radius 3 is 2.43 bits per heavy atom. The number of anilines is 2. The number of hydrogen-bond donors (Lipinski definition) is 2. The molecule has 1 saturated heterocycles. The number of nitrogens with one attached hydrogen (secondary N) is 2. The maximum absolute atomic E-state index is 13.1. The summed E-state index contributed by atoms with van der Waals surface area (Å²) in [4.78, 5) is 4.65. The molecule has 0 bridgehead atoms. The second kappa shape index (κ2) is 8.20. The summed E-state index contributed by atoms with van der Waals surface area (Å²) in [5.74, 6) is 0.626. The van der Waals surface area contributed by atoms with Gasteiger partial charge in [0.25, 0.3) is 0 Å². The van der Waals surface area contributed by atoms with Gasteiger partial charge in [-0.25, -0.2) is 4.21 Å². The molecule has 6 heteroatoms. The molecule has 4 rings (SSSR count). The molecular weight excluding hydrogens is 370 g/mol. The van der Waals surface area contributed by atoms with E-state index >= 15 is 0 Å². The zero-order chi connectivity index (χ0) is 19.5. The summed E-state index contributed by atoms with van der Waals surface area (Å²) < 4.78 is 21.7. The largest absolute Gasteiger partial charge is 0.495 e. The van der Waals surface area contributed by atoms with Crippen molar-refractivity contribution >= 4 is 33.1 Å². The van der Waals surface area contributed by atoms with Crippen molar-refractivity contribution in [3.05, 3.63) is 60.7 Å². The molecule has 0 aromatic heterocycles. The second-order valence-corrected chi connectivity index (χ2v) is 8.33. The van der Waals surface area contributed by atoms with Crippen LogP contribution in [0.25, 0.3) is 10.8 Å². The second-order valence-electron chi connectivity index (χ2n) is 7.18. The summed E-state index contributed by atoms with van der Waals surface area (Å²) in [5, 5.41) is 1.98. The normalized spacial score (nSPS) is 16.1. The number of methoxy groups -OCH3 is 1. The van der Waals surface area contributed by atoms with Crippen molar-refractivity contribution in [3.63, 3.8) is 0 Å². The summed E-state index contributed by atoms with van der Waals surface area (Å²) in [6.45, 7) is 4.45. The fourth-order valence-electron chi connectivity index (χ4n) is 3.62. The van der Waals surface area contributed by atoms with E-state index in [1.165, 1.54) is 5.69 Å². The molecular formula is C22H26N3O2S+. The van der Waals surface area contributed by atoms with Gasteiger partial charge >= 0.3 is 0 Å². The van der Waals surface area contributed by atoms with Crippen LogP contribution in [0.2, 0.25) is 0 Å². The van der Waals surface area contributed by atoms with Gasteiger partial charge in [-0.15, -0.1) is 0 Å². The fraction of sp³-hybridized carbons (Fsp3) is 0.273. The smallest absolute Gasteiger partial charge is 0.154 e. The third kappa shape index (κ3) is 3.84. The number of likely N-dealkylation sites (N-methyl/N-ethyl adjacent to an activating group) is 1. The highest BCUT2D eigenvalue weighted by molar-refractivity contribution is 7.86. The molecule has 0 radical (unpaired) electrons. The predicted octanol–water partition coefficient (Wildman–Crippen LogP) is 2.32. The van der Waals surface area contributed by atoms with E-state index in [1.807, 2.05) is 48.5 Å². The first-order valence-corrected chi connectivity index (χ1v) is 10.7. The molecule has 3 aromatic carbocycles. The highest BCUT2D eigenvalue weighted by Gasteiger charge is 2.18. The first-order valence-electron chi connectivity index (χ1n) is 9.56. The van der Waals surface area contributed by atoms with Crippen LogP contribution in [-0.2, 0) is 11.0 Å². The van der Waals surface area contributed by atoms with Crippen LogP contribution in [0.1, 0.15) is 0 Å². The summed E-state index contributed by atoms with van der Waals surface area (Å²) in [6, 6.07) is 20.0. The maximum Gasteiger partial charge on any atom is 0.154 e. The lowest BCUT2D eigenvalue weighted by atomic mass is 10.1. The molecule has 28 heavy (non-hydrogen) atoms. The Bertz CT molecular complexity index is 983. The highest BCUT2D eigenvalue weighted by atomic mass is 32.2. The minimum atomic E-state index is -1.43. The van der Waals surface area contributed by atoms with E-state index in [2.05, 4.69) is 28.8 Å². The van der Waals surface area contributed by atoms with Crippen LogP contribution in [0.15, 0.2) is 65.6 Å². The fourth-order valence-corrected chi connectivity index (χ4v) is 4.79. The number of piperazine rings is 1. The van der Waals surface area contributed by atoms with E-state index in [0.717, 1.165) is 42.6 Å². The Kier molecular flexibility index (Phi) is 5.50. The van der Waals surface area contributed by atoms with Crippen LogP contribution in [0.5, 0.6) is 5.75 Å². The number of hydrogen-bond acceptors (Lipinski definition) is 3. The van der Waals surface area contributed by atoms with Crippen molar-refractivity contribution in [2.24, 2.45) is 0 Å². The SMILES string of the molecule is COc1ccc2ccccc2c1[S@](=O)Nc1ccc(N2CC[NH+](C)CC2)cc1. The number of ether oxygens (including phenoxy) is 1. The molecule has 1 aliphatic rings. The van der Waals surface area contributed by atoms with Gasteiger partial charge in [0, 0.05) is 16.8 Å². The zero-order valence-corrected chi connectivity index (χ0v) is 17.1. The molecule has 0 aliphatic carbocycles. The van der Waals surface area contributed by atoms with E-state index in [9.17, 15) is 4.21 Å². The topological polar surface area (TPSA) is 46.0 Å². The molecule has 1 heterocycles. The minimum Gasteiger partial charge on any atom is -0.495 e. The number of nitrogens with zero attached hydrogens (tertiary/aromatic N) is 1. The molecule has 3 aromatic rings. The number of benzene rings is 3. The Hall–Kier alpha value is -2.57. The molecule has 5 nitrogen and oxygen atoms in total. The lowest BCUT2D eigenvalue weighted by molar-refractivity contribution is -0.880. The molecule has 0 amide bonds. The first-order chi connectivity index (χ1) is 13.7. The van der Waals surface area contributed by atoms with E-state index in [4.69, 9.17) is 4.74 Å². The zero-order valence-electron chi connectivity index (χ0n) is 16.3. The summed E-state index contributed by atoms with van der Waals surface area (Å²) in [7, 11) is 2.42. The number of fused-ring (bicyclic) bond motifs is 1. The summed E-state index contributed by atoms with van der Waals surface area (Å²) >= 11 is 0. The Morgan fingerprint density at radius 1 is 1.00 bits per heavy atom. The van der Waals surface area contributed by atoms with Gasteiger partial charge in [0.1, 0.15) is 10.6 Å². The van der Waals surface area contributed by atoms with Crippen molar-refractivity contribution in [2.45, 2.75) is 4.90 Å². The van der Waals surface area contributed by atoms with Crippen molar-refractivity contribution in [2.75, 3.05) is 50.0 Å². The molecule has 0 unspecified atom stereocenters. The van der Waals surface area contributed by atoms with Gasteiger partial charge < -0.3 is 19.3 Å². The quantitative estimate of drug-likeness (QED) is 0.696. The van der Waals surface area contributed by atoms with Gasteiger partial charge in [-0.1, -0.05) is 30.3 Å². The molecule has 146 valence electrons. The van der Waals surface area contributed by atoms with Crippen LogP contribution in [-0.4, -0.2) is 44.5 Å². The van der Waals surface area contributed by atoms with Crippen LogP contribution in [0.4, 0.5) is 11.4 Å². The number of quaternary nitrogens is 1. The summed E-state index contributed by atoms with van der Waals surface area (Å²) in [6.07, 6.45) is 0. The van der Waals surface area contributed by atoms with E-state index in [-0.39, 0.29) is 0 Å². The van der Waals surface area contributed by atoms with E-state index < -0.39 is 11.0 Å². The van der Waals surface area contributed by atoms with E-state index in [1.54, 1.807) is 12.0 Å². The molecule has 0 spiro atoms. The molecule has 2 N–H and O–H groups in total. The van der Waals surface area contributed by atoms with Crippen molar-refractivity contribution in [1.82, 2.24) is 0 Å². The van der Waals surface area contributed by atoms with Crippen molar-refractivity contribution in [3.8, 4) is 5.75 Å². The monoisotopic (exact) mass is 396 g/mol. The van der Waals surface area contributed by atoms with Crippen LogP contribution >= 0.6 is 0 Å². The average molecular weight is 397 g/mol. The van der Waals surface area contributed by atoms with Gasteiger partial charge in [0.15, 0.2) is 11.0 Å². The van der Waals surface area contributed by atoms with E-state index in [0.29, 0.717) is 10.6 Å². The average Bonchev–Trinajstić information content (AvgIpc) is 2.74. The third-order valence-electron chi connectivity index (χ3n) is 5.31. The lowest BCUT2D eigenvalue weighted by Gasteiger charge is -2.31. The van der Waals surface area contributed by atoms with Crippen molar-refractivity contribution in [1.29, 1.82) is 0 Å². The maximum atomic E-state index is 13.1. The van der Waals surface area contributed by atoms with Crippen LogP contribution < -0.4 is 19.3 Å². The standard InChI is InChI=1S/C22H25N3O2S/c1-24-13-15-25(16-14-24)19-10-8-18(9-11-19)23-28(26)22-20-6-4-3-5-17(20)7-12-21(22)27-2/h3-12,23H,13-16H2,1-2H3/p+1/t28-/m0/s1. The van der Waals surface area contributed by atoms with Crippen LogP contribution in [0, 0.1) is 0 Å². The van der Waals surface area contributed by atoms with Crippen LogP contribution in [0.3, 0.4) is 0 Å². The Balaban J connectivity index is 1.55. The number of rotatable bonds is 5. The third-order valence-corrected chi connectivity index (χ3v) is 6.52. The van der Waals surface area contributed by atoms with Gasteiger partial charge in [-0.2, -0.15) is 0 Å². The Morgan fingerprint density at radius 2 is 1.71 bits per heavy atom. The van der Waals surface area contributed by atoms with Gasteiger partial charge in [-0.05, 0) is 35.7 Å². The van der Waals surface area contributed by atoms with Gasteiger partial charge in [0.2, 0.25) is 0 Å². The predicted molar refractivity (Wildman–Crippen MR) is 116 cm³/mol. The van der Waals surface area contributed by atoms with Gasteiger partial charge in [-0.3, -0.25) is 0 Å². The molecule has 1 aliphatic heterocycles. The Labute approximate surface area is 168 Å². The highest BCUT2D eigenvalue weighted by Crippen LogP contribution is 2.31. The lowest BCUT2D eigenvalue weighted by Crippen LogP contribution is -3.12. The van der Waals surface area contributed by atoms with Crippen molar-refractivity contribution < 1.29 is 13.8 Å². The van der Waals surface area contributed by atoms with Gasteiger partial charge in [0.05, 0.1) is 40.3 Å². The first kappa shape index (κ1) is 18.8.